The van der Waals surface area contributed by atoms with Gasteiger partial charge >= 0.3 is 0 Å². The van der Waals surface area contributed by atoms with Crippen molar-refractivity contribution in [3.63, 3.8) is 0 Å². The Morgan fingerprint density at radius 1 is 1.26 bits per heavy atom. The van der Waals surface area contributed by atoms with Gasteiger partial charge in [0, 0.05) is 18.3 Å². The summed E-state index contributed by atoms with van der Waals surface area (Å²) in [7, 11) is 1.80. The fourth-order valence-electron chi connectivity index (χ4n) is 2.14. The van der Waals surface area contributed by atoms with Crippen molar-refractivity contribution in [3.8, 4) is 0 Å². The number of benzene rings is 1. The van der Waals surface area contributed by atoms with Crippen LogP contribution in [0.1, 0.15) is 5.69 Å². The first-order chi connectivity index (χ1) is 11.0. The minimum atomic E-state index is -0.545. The number of nitrogens with zero attached hydrogens (tertiary/aromatic N) is 3. The van der Waals surface area contributed by atoms with Crippen LogP contribution in [-0.4, -0.2) is 26.5 Å². The van der Waals surface area contributed by atoms with Gasteiger partial charge in [-0.25, -0.2) is 4.98 Å². The molecule has 1 aliphatic rings. The van der Waals surface area contributed by atoms with Gasteiger partial charge in [0.25, 0.3) is 11.8 Å². The van der Waals surface area contributed by atoms with Crippen molar-refractivity contribution in [1.29, 1.82) is 0 Å². The van der Waals surface area contributed by atoms with E-state index in [1.54, 1.807) is 48.4 Å². The highest BCUT2D eigenvalue weighted by atomic mass is 35.5. The Kier molecular flexibility index (Phi) is 3.97. The molecular formula is C15H11ClN4O2S. The number of aryl methyl sites for hydroxylation is 1. The summed E-state index contributed by atoms with van der Waals surface area (Å²) in [5, 5.41) is 3.08. The molecule has 1 aliphatic heterocycles. The van der Waals surface area contributed by atoms with Gasteiger partial charge in [-0.15, -0.1) is 0 Å². The molecule has 8 heteroatoms. The number of aromatic nitrogens is 2. The fourth-order valence-corrected chi connectivity index (χ4v) is 2.54. The third-order valence-corrected chi connectivity index (χ3v) is 3.74. The highest BCUT2D eigenvalue weighted by Crippen LogP contribution is 2.23. The molecule has 1 saturated heterocycles. The van der Waals surface area contributed by atoms with E-state index >= 15 is 0 Å². The fraction of sp³-hybridized carbons (Fsp3) is 0.0667. The van der Waals surface area contributed by atoms with Crippen LogP contribution in [0.4, 0.5) is 5.69 Å². The minimum Gasteiger partial charge on any atom is -0.340 e. The Morgan fingerprint density at radius 3 is 2.57 bits per heavy atom. The maximum atomic E-state index is 12.7. The van der Waals surface area contributed by atoms with Crippen molar-refractivity contribution in [1.82, 2.24) is 14.9 Å². The third-order valence-electron chi connectivity index (χ3n) is 3.20. The molecule has 1 N–H and O–H groups in total. The smallest absolute Gasteiger partial charge is 0.270 e. The summed E-state index contributed by atoms with van der Waals surface area (Å²) in [6.07, 6.45) is 4.72. The van der Waals surface area contributed by atoms with Crippen molar-refractivity contribution in [2.45, 2.75) is 0 Å². The van der Waals surface area contributed by atoms with E-state index in [0.717, 1.165) is 0 Å². The molecule has 2 aromatic rings. The SMILES string of the molecule is Cn1cnc(C=C2C(=O)NC(=S)N(c3ccc(Cl)cc3)C2=O)c1. The normalized spacial score (nSPS) is 16.9. The van der Waals surface area contributed by atoms with E-state index in [-0.39, 0.29) is 10.7 Å². The van der Waals surface area contributed by atoms with Crippen LogP contribution in [0.3, 0.4) is 0 Å². The highest BCUT2D eigenvalue weighted by Gasteiger charge is 2.34. The number of carbonyl (C=O) groups is 2. The molecule has 0 atom stereocenters. The predicted molar refractivity (Wildman–Crippen MR) is 90.9 cm³/mol. The second-order valence-corrected chi connectivity index (χ2v) is 5.72. The van der Waals surface area contributed by atoms with Gasteiger partial charge in [-0.3, -0.25) is 19.8 Å². The van der Waals surface area contributed by atoms with E-state index in [0.29, 0.717) is 16.4 Å². The van der Waals surface area contributed by atoms with E-state index in [9.17, 15) is 9.59 Å². The largest absolute Gasteiger partial charge is 0.340 e. The molecule has 0 radical (unpaired) electrons. The van der Waals surface area contributed by atoms with Gasteiger partial charge in [0.05, 0.1) is 17.7 Å². The molecule has 1 fully saturated rings. The van der Waals surface area contributed by atoms with Crippen LogP contribution < -0.4 is 10.2 Å². The first-order valence-corrected chi connectivity index (χ1v) is 7.39. The zero-order valence-electron chi connectivity index (χ0n) is 12.0. The number of halogens is 1. The second kappa shape index (κ2) is 5.94. The van der Waals surface area contributed by atoms with Crippen molar-refractivity contribution >= 4 is 52.5 Å². The molecular weight excluding hydrogens is 336 g/mol. The molecule has 6 nitrogen and oxygen atoms in total. The zero-order chi connectivity index (χ0) is 16.6. The summed E-state index contributed by atoms with van der Waals surface area (Å²) in [5.41, 5.74) is 0.999. The van der Waals surface area contributed by atoms with E-state index in [1.807, 2.05) is 0 Å². The maximum absolute atomic E-state index is 12.7. The summed E-state index contributed by atoms with van der Waals surface area (Å²) in [6, 6.07) is 6.60. The Labute approximate surface area is 142 Å². The number of imidazole rings is 1. The molecule has 0 saturated carbocycles. The van der Waals surface area contributed by atoms with Crippen LogP contribution in [-0.2, 0) is 16.6 Å². The summed E-state index contributed by atoms with van der Waals surface area (Å²) >= 11 is 11.0. The average molecular weight is 347 g/mol. The Hall–Kier alpha value is -2.51. The number of hydrogen-bond acceptors (Lipinski definition) is 4. The van der Waals surface area contributed by atoms with Crippen LogP contribution in [0, 0.1) is 0 Å². The standard InChI is InChI=1S/C15H11ClN4O2S/c1-19-7-10(17-8-19)6-12-13(21)18-15(23)20(14(12)22)11-4-2-9(16)3-5-11/h2-8H,1H3,(H,18,21,23). The van der Waals surface area contributed by atoms with Gasteiger partial charge < -0.3 is 4.57 Å². The zero-order valence-corrected chi connectivity index (χ0v) is 13.6. The molecule has 1 aromatic carbocycles. The number of nitrogens with one attached hydrogen (secondary N) is 1. The summed E-state index contributed by atoms with van der Waals surface area (Å²) in [4.78, 5) is 30.1. The van der Waals surface area contributed by atoms with E-state index in [1.165, 1.54) is 11.0 Å². The van der Waals surface area contributed by atoms with Gasteiger partial charge in [-0.1, -0.05) is 11.6 Å². The molecule has 0 spiro atoms. The monoisotopic (exact) mass is 346 g/mol. The van der Waals surface area contributed by atoms with Crippen LogP contribution >= 0.6 is 23.8 Å². The number of hydrogen-bond donors (Lipinski definition) is 1. The van der Waals surface area contributed by atoms with Crippen LogP contribution in [0.5, 0.6) is 0 Å². The highest BCUT2D eigenvalue weighted by molar-refractivity contribution is 7.80. The van der Waals surface area contributed by atoms with Crippen molar-refractivity contribution in [2.24, 2.45) is 7.05 Å². The molecule has 3 rings (SSSR count). The molecule has 0 bridgehead atoms. The van der Waals surface area contributed by atoms with Gasteiger partial charge in [0.2, 0.25) is 0 Å². The lowest BCUT2D eigenvalue weighted by atomic mass is 10.1. The topological polar surface area (TPSA) is 67.2 Å². The third kappa shape index (κ3) is 3.01. The quantitative estimate of drug-likeness (QED) is 0.512. The lowest BCUT2D eigenvalue weighted by molar-refractivity contribution is -0.122. The van der Waals surface area contributed by atoms with Gasteiger partial charge in [0.1, 0.15) is 5.57 Å². The predicted octanol–water partition coefficient (Wildman–Crippen LogP) is 1.90. The molecule has 116 valence electrons. The number of anilines is 1. The number of thiocarbonyl (C=S) groups is 1. The minimum absolute atomic E-state index is 0.0282. The van der Waals surface area contributed by atoms with E-state index in [2.05, 4.69) is 10.3 Å². The molecule has 0 unspecified atom stereocenters. The van der Waals surface area contributed by atoms with Crippen molar-refractivity contribution < 1.29 is 9.59 Å². The maximum Gasteiger partial charge on any atom is 0.270 e. The van der Waals surface area contributed by atoms with E-state index in [4.69, 9.17) is 23.8 Å². The lowest BCUT2D eigenvalue weighted by Crippen LogP contribution is -2.54. The van der Waals surface area contributed by atoms with Gasteiger partial charge in [-0.2, -0.15) is 0 Å². The molecule has 2 heterocycles. The Bertz CT molecular complexity index is 841. The average Bonchev–Trinajstić information content (AvgIpc) is 2.91. The summed E-state index contributed by atoms with van der Waals surface area (Å²) in [6.45, 7) is 0. The first kappa shape index (κ1) is 15.4. The number of carbonyl (C=O) groups excluding carboxylic acids is 2. The molecule has 1 aromatic heterocycles. The second-order valence-electron chi connectivity index (χ2n) is 4.90. The summed E-state index contributed by atoms with van der Waals surface area (Å²) < 4.78 is 1.72. The Morgan fingerprint density at radius 2 is 1.96 bits per heavy atom. The van der Waals surface area contributed by atoms with Crippen molar-refractivity contribution in [2.75, 3.05) is 4.90 Å². The van der Waals surface area contributed by atoms with Gasteiger partial charge in [-0.05, 0) is 42.6 Å². The van der Waals surface area contributed by atoms with Crippen LogP contribution in [0.25, 0.3) is 6.08 Å². The van der Waals surface area contributed by atoms with Crippen LogP contribution in [0.15, 0.2) is 42.4 Å². The molecule has 2 amide bonds. The molecule has 23 heavy (non-hydrogen) atoms. The first-order valence-electron chi connectivity index (χ1n) is 6.60. The summed E-state index contributed by atoms with van der Waals surface area (Å²) in [5.74, 6) is -1.05. The number of rotatable bonds is 2. The number of amides is 2. The van der Waals surface area contributed by atoms with E-state index < -0.39 is 11.8 Å². The van der Waals surface area contributed by atoms with Crippen LogP contribution in [0.2, 0.25) is 5.02 Å². The Balaban J connectivity index is 2.00. The van der Waals surface area contributed by atoms with Crippen molar-refractivity contribution in [3.05, 3.63) is 53.1 Å². The molecule has 0 aliphatic carbocycles. The van der Waals surface area contributed by atoms with Gasteiger partial charge in [0.15, 0.2) is 5.11 Å². The lowest BCUT2D eigenvalue weighted by Gasteiger charge is -2.28.